The van der Waals surface area contributed by atoms with Crippen LogP contribution in [0.2, 0.25) is 0 Å². The summed E-state index contributed by atoms with van der Waals surface area (Å²) < 4.78 is 5.87. The molecule has 0 radical (unpaired) electrons. The molecule has 0 saturated carbocycles. The monoisotopic (exact) mass is 447 g/mol. The second-order valence-electron chi connectivity index (χ2n) is 7.67. The molecule has 0 fully saturated rings. The van der Waals surface area contributed by atoms with Gasteiger partial charge >= 0.3 is 0 Å². The average Bonchev–Trinajstić information content (AvgIpc) is 2.85. The fraction of sp³-hybridized carbons (Fsp3) is 0.231. The topological polar surface area (TPSA) is 118 Å². The van der Waals surface area contributed by atoms with E-state index in [2.05, 4.69) is 10.6 Å². The zero-order chi connectivity index (χ0) is 23.8. The molecule has 0 aliphatic rings. The number of benzene rings is 2. The van der Waals surface area contributed by atoms with Gasteiger partial charge < -0.3 is 25.9 Å². The Morgan fingerprint density at radius 2 is 1.70 bits per heavy atom. The highest BCUT2D eigenvalue weighted by molar-refractivity contribution is 5.96. The first-order chi connectivity index (χ1) is 15.9. The van der Waals surface area contributed by atoms with E-state index in [-0.39, 0.29) is 24.4 Å². The van der Waals surface area contributed by atoms with E-state index in [1.54, 1.807) is 6.92 Å². The van der Waals surface area contributed by atoms with Crippen molar-refractivity contribution in [3.63, 3.8) is 0 Å². The van der Waals surface area contributed by atoms with E-state index in [9.17, 15) is 9.59 Å². The molecule has 0 aliphatic carbocycles. The summed E-state index contributed by atoms with van der Waals surface area (Å²) >= 11 is 0. The van der Waals surface area contributed by atoms with Crippen LogP contribution in [0.4, 0.5) is 5.69 Å². The standard InChI is InChI=1S/C26H29N3O4/c1-3-24(31)20-6-4-18(5-7-20)19-8-10-22(11-9-19)29-15-26-17(2)25(32)12-23(33-26)14-28-13-21(27)16-30/h4-13,28-30H,3,14-16,27H2,1-2H3/b21-13-. The number of nitrogens with two attached hydrogens (primary N) is 1. The minimum Gasteiger partial charge on any atom is -0.462 e. The molecule has 5 N–H and O–H groups in total. The van der Waals surface area contributed by atoms with Crippen LogP contribution in [0.25, 0.3) is 11.1 Å². The maximum atomic E-state index is 12.3. The van der Waals surface area contributed by atoms with Crippen LogP contribution in [0.1, 0.15) is 40.8 Å². The molecule has 0 amide bonds. The molecule has 1 heterocycles. The number of aliphatic hydroxyl groups excluding tert-OH is 1. The first-order valence-corrected chi connectivity index (χ1v) is 10.8. The van der Waals surface area contributed by atoms with Gasteiger partial charge in [0.05, 0.1) is 19.7 Å². The quantitative estimate of drug-likeness (QED) is 0.350. The normalized spacial score (nSPS) is 11.3. The zero-order valence-corrected chi connectivity index (χ0v) is 18.9. The molecule has 0 aliphatic heterocycles. The van der Waals surface area contributed by atoms with E-state index in [0.29, 0.717) is 35.7 Å². The first-order valence-electron chi connectivity index (χ1n) is 10.8. The van der Waals surface area contributed by atoms with Gasteiger partial charge in [-0.1, -0.05) is 43.3 Å². The van der Waals surface area contributed by atoms with Crippen LogP contribution in [0.15, 0.2) is 75.7 Å². The van der Waals surface area contributed by atoms with Gasteiger partial charge in [0.1, 0.15) is 11.5 Å². The Morgan fingerprint density at radius 3 is 2.30 bits per heavy atom. The second kappa shape index (κ2) is 11.2. The SMILES string of the molecule is CCC(=O)c1ccc(-c2ccc(NCc3oc(CN/C=C(\N)CO)cc(=O)c3C)cc2)cc1. The van der Waals surface area contributed by atoms with Crippen molar-refractivity contribution in [2.75, 3.05) is 11.9 Å². The second-order valence-corrected chi connectivity index (χ2v) is 7.67. The molecular formula is C26H29N3O4. The maximum absolute atomic E-state index is 12.3. The smallest absolute Gasteiger partial charge is 0.188 e. The van der Waals surface area contributed by atoms with Gasteiger partial charge in [-0.2, -0.15) is 0 Å². The average molecular weight is 448 g/mol. The number of carbonyl (C=O) groups is 1. The molecule has 172 valence electrons. The highest BCUT2D eigenvalue weighted by atomic mass is 16.3. The van der Waals surface area contributed by atoms with E-state index in [1.807, 2.05) is 55.5 Å². The molecule has 0 spiro atoms. The van der Waals surface area contributed by atoms with Gasteiger partial charge in [-0.05, 0) is 30.2 Å². The molecule has 3 aromatic rings. The van der Waals surface area contributed by atoms with Gasteiger partial charge in [0.2, 0.25) is 0 Å². The predicted molar refractivity (Wildman–Crippen MR) is 130 cm³/mol. The van der Waals surface area contributed by atoms with Crippen LogP contribution in [0.5, 0.6) is 0 Å². The van der Waals surface area contributed by atoms with Gasteiger partial charge in [-0.25, -0.2) is 0 Å². The zero-order valence-electron chi connectivity index (χ0n) is 18.9. The lowest BCUT2D eigenvalue weighted by molar-refractivity contribution is 0.0988. The number of rotatable bonds is 10. The van der Waals surface area contributed by atoms with E-state index < -0.39 is 0 Å². The van der Waals surface area contributed by atoms with Crippen LogP contribution in [-0.2, 0) is 13.1 Å². The summed E-state index contributed by atoms with van der Waals surface area (Å²) in [5.41, 5.74) is 9.97. The van der Waals surface area contributed by atoms with E-state index in [0.717, 1.165) is 22.4 Å². The highest BCUT2D eigenvalue weighted by Gasteiger charge is 2.09. The molecule has 3 rings (SSSR count). The summed E-state index contributed by atoms with van der Waals surface area (Å²) in [6.07, 6.45) is 1.97. The predicted octanol–water partition coefficient (Wildman–Crippen LogP) is 3.70. The fourth-order valence-electron chi connectivity index (χ4n) is 3.26. The molecule has 7 heteroatoms. The van der Waals surface area contributed by atoms with Crippen molar-refractivity contribution in [2.45, 2.75) is 33.4 Å². The number of ketones is 1. The van der Waals surface area contributed by atoms with E-state index >= 15 is 0 Å². The first kappa shape index (κ1) is 23.8. The van der Waals surface area contributed by atoms with Crippen LogP contribution < -0.4 is 21.8 Å². The summed E-state index contributed by atoms with van der Waals surface area (Å²) in [7, 11) is 0. The number of aliphatic hydroxyl groups is 1. The lowest BCUT2D eigenvalue weighted by Crippen LogP contribution is -2.16. The fourth-order valence-corrected chi connectivity index (χ4v) is 3.26. The number of hydrogen-bond acceptors (Lipinski definition) is 7. The summed E-state index contributed by atoms with van der Waals surface area (Å²) in [5, 5.41) is 15.1. The molecule has 1 aromatic heterocycles. The van der Waals surface area contributed by atoms with Crippen LogP contribution in [-0.4, -0.2) is 17.5 Å². The summed E-state index contributed by atoms with van der Waals surface area (Å²) in [5.74, 6) is 1.16. The Balaban J connectivity index is 1.66. The summed E-state index contributed by atoms with van der Waals surface area (Å²) in [6, 6.07) is 17.0. The molecule has 33 heavy (non-hydrogen) atoms. The van der Waals surface area contributed by atoms with Gasteiger partial charge in [-0.3, -0.25) is 9.59 Å². The van der Waals surface area contributed by atoms with Crippen molar-refractivity contribution in [2.24, 2.45) is 5.73 Å². The molecular weight excluding hydrogens is 418 g/mol. The molecule has 7 nitrogen and oxygen atoms in total. The van der Waals surface area contributed by atoms with E-state index in [4.69, 9.17) is 15.3 Å². The minimum atomic E-state index is -0.247. The van der Waals surface area contributed by atoms with Gasteiger partial charge in [0.15, 0.2) is 11.2 Å². The highest BCUT2D eigenvalue weighted by Crippen LogP contribution is 2.23. The van der Waals surface area contributed by atoms with E-state index in [1.165, 1.54) is 12.3 Å². The Bertz CT molecular complexity index is 1180. The Hall–Kier alpha value is -3.84. The third-order valence-electron chi connectivity index (χ3n) is 5.28. The third-order valence-corrected chi connectivity index (χ3v) is 5.28. The van der Waals surface area contributed by atoms with Crippen LogP contribution >= 0.6 is 0 Å². The maximum Gasteiger partial charge on any atom is 0.188 e. The van der Waals surface area contributed by atoms with Crippen molar-refractivity contribution in [3.05, 3.63) is 99.4 Å². The van der Waals surface area contributed by atoms with Crippen molar-refractivity contribution in [1.29, 1.82) is 0 Å². The van der Waals surface area contributed by atoms with Crippen molar-refractivity contribution in [1.82, 2.24) is 5.32 Å². The number of hydrogen-bond donors (Lipinski definition) is 4. The van der Waals surface area contributed by atoms with Gasteiger partial charge in [-0.15, -0.1) is 0 Å². The number of anilines is 1. The largest absolute Gasteiger partial charge is 0.462 e. The molecule has 0 atom stereocenters. The Labute approximate surface area is 193 Å². The Kier molecular flexibility index (Phi) is 8.05. The van der Waals surface area contributed by atoms with Crippen molar-refractivity contribution >= 4 is 11.5 Å². The molecule has 2 aromatic carbocycles. The molecule has 0 bridgehead atoms. The van der Waals surface area contributed by atoms with Gasteiger partial charge in [0.25, 0.3) is 0 Å². The Morgan fingerprint density at radius 1 is 1.06 bits per heavy atom. The van der Waals surface area contributed by atoms with Crippen LogP contribution in [0.3, 0.4) is 0 Å². The minimum absolute atomic E-state index is 0.102. The lowest BCUT2D eigenvalue weighted by Gasteiger charge is -2.11. The van der Waals surface area contributed by atoms with Gasteiger partial charge in [0, 0.05) is 41.2 Å². The summed E-state index contributed by atoms with van der Waals surface area (Å²) in [4.78, 5) is 24.1. The lowest BCUT2D eigenvalue weighted by atomic mass is 10.0. The third kappa shape index (κ3) is 6.33. The summed E-state index contributed by atoms with van der Waals surface area (Å²) in [6.45, 7) is 3.98. The molecule has 0 unspecified atom stereocenters. The van der Waals surface area contributed by atoms with Crippen molar-refractivity contribution < 1.29 is 14.3 Å². The molecule has 0 saturated heterocycles. The number of nitrogens with one attached hydrogen (secondary N) is 2. The van der Waals surface area contributed by atoms with Crippen LogP contribution in [0, 0.1) is 6.92 Å². The van der Waals surface area contributed by atoms with Crippen molar-refractivity contribution in [3.8, 4) is 11.1 Å². The number of Topliss-reactive ketones (excluding diaryl/α,β-unsaturated/α-hetero) is 1. The number of carbonyl (C=O) groups excluding carboxylic acids is 1.